The molecular formula is C22H20N2. The van der Waals surface area contributed by atoms with E-state index in [9.17, 15) is 0 Å². The normalized spacial score (nSPS) is 15.9. The van der Waals surface area contributed by atoms with Crippen LogP contribution < -0.4 is 5.32 Å². The van der Waals surface area contributed by atoms with Crippen molar-refractivity contribution in [1.82, 2.24) is 10.3 Å². The molecule has 3 aromatic rings. The predicted octanol–water partition coefficient (Wildman–Crippen LogP) is 4.83. The van der Waals surface area contributed by atoms with Gasteiger partial charge >= 0.3 is 0 Å². The molecule has 0 amide bonds. The average Bonchev–Trinajstić information content (AvgIpc) is 2.75. The molecule has 1 heterocycles. The van der Waals surface area contributed by atoms with E-state index in [-0.39, 0.29) is 6.04 Å². The summed E-state index contributed by atoms with van der Waals surface area (Å²) >= 11 is 0. The van der Waals surface area contributed by atoms with Gasteiger partial charge < -0.3 is 5.32 Å². The van der Waals surface area contributed by atoms with Crippen LogP contribution in [-0.2, 0) is 6.54 Å². The van der Waals surface area contributed by atoms with Gasteiger partial charge in [0, 0.05) is 18.9 Å². The minimum Gasteiger partial charge on any atom is -0.302 e. The van der Waals surface area contributed by atoms with Crippen molar-refractivity contribution >= 4 is 11.6 Å². The monoisotopic (exact) mass is 312 g/mol. The standard InChI is InChI=1S/C22H20N2/c1-16-13-18-11-12-23-15-21(18)22(20-10-6-5-9-19(16)20)24-14-17-7-3-2-4-8-17/h2-13,15,22,24H,14H2,1H3. The van der Waals surface area contributed by atoms with Crippen LogP contribution in [0.2, 0.25) is 0 Å². The highest BCUT2D eigenvalue weighted by atomic mass is 14.9. The zero-order valence-electron chi connectivity index (χ0n) is 13.7. The quantitative estimate of drug-likeness (QED) is 0.749. The second-order valence-corrected chi connectivity index (χ2v) is 6.22. The summed E-state index contributed by atoms with van der Waals surface area (Å²) in [6.45, 7) is 3.01. The molecule has 0 fully saturated rings. The number of pyridine rings is 1. The molecule has 2 heteroatoms. The number of hydrogen-bond acceptors (Lipinski definition) is 2. The molecule has 1 aliphatic carbocycles. The maximum absolute atomic E-state index is 4.37. The third-order valence-electron chi connectivity index (χ3n) is 4.62. The maximum Gasteiger partial charge on any atom is 0.0606 e. The second-order valence-electron chi connectivity index (χ2n) is 6.22. The Bertz CT molecular complexity index is 881. The fraction of sp³-hybridized carbons (Fsp3) is 0.136. The van der Waals surface area contributed by atoms with Crippen LogP contribution in [0.15, 0.2) is 73.1 Å². The van der Waals surface area contributed by atoms with E-state index in [1.807, 2.05) is 12.4 Å². The molecule has 1 aromatic heterocycles. The first-order valence-corrected chi connectivity index (χ1v) is 8.32. The fourth-order valence-corrected chi connectivity index (χ4v) is 3.41. The Labute approximate surface area is 142 Å². The van der Waals surface area contributed by atoms with Gasteiger partial charge in [0.05, 0.1) is 6.04 Å². The van der Waals surface area contributed by atoms with Crippen LogP contribution in [0.5, 0.6) is 0 Å². The van der Waals surface area contributed by atoms with Gasteiger partial charge in [0.25, 0.3) is 0 Å². The molecule has 24 heavy (non-hydrogen) atoms. The van der Waals surface area contributed by atoms with Gasteiger partial charge in [0.1, 0.15) is 0 Å². The smallest absolute Gasteiger partial charge is 0.0606 e. The molecule has 1 aliphatic rings. The lowest BCUT2D eigenvalue weighted by molar-refractivity contribution is 0.602. The SMILES string of the molecule is CC1=Cc2ccncc2C(NCc2ccccc2)c2ccccc21. The highest BCUT2D eigenvalue weighted by Gasteiger charge is 2.22. The van der Waals surface area contributed by atoms with Crippen molar-refractivity contribution in [2.75, 3.05) is 0 Å². The summed E-state index contributed by atoms with van der Waals surface area (Å²) < 4.78 is 0. The molecule has 1 unspecified atom stereocenters. The van der Waals surface area contributed by atoms with Gasteiger partial charge in [-0.3, -0.25) is 4.98 Å². The lowest BCUT2D eigenvalue weighted by Crippen LogP contribution is -2.23. The first-order chi connectivity index (χ1) is 11.8. The van der Waals surface area contributed by atoms with Gasteiger partial charge in [-0.1, -0.05) is 60.7 Å². The van der Waals surface area contributed by atoms with Crippen LogP contribution in [0.1, 0.15) is 40.8 Å². The number of rotatable bonds is 3. The maximum atomic E-state index is 4.37. The van der Waals surface area contributed by atoms with Gasteiger partial charge in [0.15, 0.2) is 0 Å². The van der Waals surface area contributed by atoms with Crippen LogP contribution in [0.3, 0.4) is 0 Å². The van der Waals surface area contributed by atoms with Crippen LogP contribution in [0.25, 0.3) is 11.6 Å². The molecule has 0 spiro atoms. The number of benzene rings is 2. The van der Waals surface area contributed by atoms with E-state index in [1.165, 1.54) is 33.4 Å². The van der Waals surface area contributed by atoms with Gasteiger partial charge in [-0.15, -0.1) is 0 Å². The van der Waals surface area contributed by atoms with Crippen LogP contribution in [0.4, 0.5) is 0 Å². The number of aromatic nitrogens is 1. The summed E-state index contributed by atoms with van der Waals surface area (Å²) in [5.74, 6) is 0. The third kappa shape index (κ3) is 2.77. The largest absolute Gasteiger partial charge is 0.302 e. The van der Waals surface area contributed by atoms with Crippen molar-refractivity contribution in [3.8, 4) is 0 Å². The van der Waals surface area contributed by atoms with E-state index in [1.54, 1.807) is 0 Å². The minimum atomic E-state index is 0.138. The van der Waals surface area contributed by atoms with E-state index in [0.717, 1.165) is 6.54 Å². The number of hydrogen-bond donors (Lipinski definition) is 1. The first-order valence-electron chi connectivity index (χ1n) is 8.32. The average molecular weight is 312 g/mol. The van der Waals surface area contributed by atoms with Crippen molar-refractivity contribution < 1.29 is 0 Å². The van der Waals surface area contributed by atoms with Crippen LogP contribution in [0, 0.1) is 0 Å². The molecule has 0 bridgehead atoms. The second kappa shape index (κ2) is 6.42. The third-order valence-corrected chi connectivity index (χ3v) is 4.62. The van der Waals surface area contributed by atoms with Crippen LogP contribution in [-0.4, -0.2) is 4.98 Å². The molecule has 0 saturated carbocycles. The number of allylic oxidation sites excluding steroid dienone is 1. The number of fused-ring (bicyclic) bond motifs is 2. The van der Waals surface area contributed by atoms with Crippen molar-refractivity contribution in [2.24, 2.45) is 0 Å². The van der Waals surface area contributed by atoms with E-state index < -0.39 is 0 Å². The van der Waals surface area contributed by atoms with Crippen molar-refractivity contribution in [3.63, 3.8) is 0 Å². The van der Waals surface area contributed by atoms with Gasteiger partial charge in [-0.05, 0) is 46.4 Å². The Balaban J connectivity index is 1.77. The molecule has 118 valence electrons. The molecule has 2 nitrogen and oxygen atoms in total. The van der Waals surface area contributed by atoms with Crippen LogP contribution >= 0.6 is 0 Å². The summed E-state index contributed by atoms with van der Waals surface area (Å²) in [6.07, 6.45) is 6.12. The summed E-state index contributed by atoms with van der Waals surface area (Å²) in [7, 11) is 0. The van der Waals surface area contributed by atoms with E-state index >= 15 is 0 Å². The molecule has 4 rings (SSSR count). The Morgan fingerprint density at radius 1 is 0.917 bits per heavy atom. The van der Waals surface area contributed by atoms with Crippen molar-refractivity contribution in [3.05, 3.63) is 101 Å². The molecule has 0 radical (unpaired) electrons. The molecule has 0 aliphatic heterocycles. The number of nitrogens with zero attached hydrogens (tertiary/aromatic N) is 1. The summed E-state index contributed by atoms with van der Waals surface area (Å²) in [4.78, 5) is 4.37. The summed E-state index contributed by atoms with van der Waals surface area (Å²) in [6, 6.07) is 21.4. The van der Waals surface area contributed by atoms with E-state index in [2.05, 4.69) is 84.0 Å². The topological polar surface area (TPSA) is 24.9 Å². The lowest BCUT2D eigenvalue weighted by atomic mass is 9.94. The Morgan fingerprint density at radius 3 is 2.58 bits per heavy atom. The highest BCUT2D eigenvalue weighted by molar-refractivity contribution is 5.84. The van der Waals surface area contributed by atoms with Gasteiger partial charge in [-0.2, -0.15) is 0 Å². The zero-order chi connectivity index (χ0) is 16.4. The van der Waals surface area contributed by atoms with Crippen molar-refractivity contribution in [1.29, 1.82) is 0 Å². The fourth-order valence-electron chi connectivity index (χ4n) is 3.41. The Hall–Kier alpha value is -2.71. The molecule has 0 saturated heterocycles. The lowest BCUT2D eigenvalue weighted by Gasteiger charge is -2.22. The molecular weight excluding hydrogens is 292 g/mol. The molecule has 1 N–H and O–H groups in total. The molecule has 1 atom stereocenters. The van der Waals surface area contributed by atoms with E-state index in [4.69, 9.17) is 0 Å². The van der Waals surface area contributed by atoms with Gasteiger partial charge in [-0.25, -0.2) is 0 Å². The molecule has 2 aromatic carbocycles. The first kappa shape index (κ1) is 14.9. The summed E-state index contributed by atoms with van der Waals surface area (Å²) in [5.41, 5.74) is 7.67. The minimum absolute atomic E-state index is 0.138. The summed E-state index contributed by atoms with van der Waals surface area (Å²) in [5, 5.41) is 3.74. The number of nitrogens with one attached hydrogen (secondary N) is 1. The highest BCUT2D eigenvalue weighted by Crippen LogP contribution is 2.35. The zero-order valence-corrected chi connectivity index (χ0v) is 13.7. The Kier molecular flexibility index (Phi) is 3.97. The van der Waals surface area contributed by atoms with E-state index in [0.29, 0.717) is 0 Å². The van der Waals surface area contributed by atoms with Gasteiger partial charge in [0.2, 0.25) is 0 Å². The predicted molar refractivity (Wildman–Crippen MR) is 99.3 cm³/mol. The Morgan fingerprint density at radius 2 is 1.71 bits per heavy atom. The van der Waals surface area contributed by atoms with Crippen molar-refractivity contribution in [2.45, 2.75) is 19.5 Å².